The van der Waals surface area contributed by atoms with E-state index in [2.05, 4.69) is 0 Å². The maximum atomic E-state index is 12.1. The standard InChI is InChI=1S/C16H18ClNO4/c17-12-6-4-5-11(9-12)13-10-14(19)22-16(15(13)18(20)21)7-2-1-3-8-16/h4-6,9,13,15H,1-3,7-8,10H2/t13-,15+/m0/s1. The zero-order valence-corrected chi connectivity index (χ0v) is 12.9. The van der Waals surface area contributed by atoms with Gasteiger partial charge in [-0.05, 0) is 43.4 Å². The Bertz CT molecular complexity index is 598. The lowest BCUT2D eigenvalue weighted by Crippen LogP contribution is -2.57. The number of nitrogens with zero attached hydrogens (tertiary/aromatic N) is 1. The first-order valence-corrected chi connectivity index (χ1v) is 8.00. The molecule has 5 nitrogen and oxygen atoms in total. The van der Waals surface area contributed by atoms with Gasteiger partial charge in [0.1, 0.15) is 0 Å². The molecule has 0 radical (unpaired) electrons. The van der Waals surface area contributed by atoms with Crippen LogP contribution in [0.2, 0.25) is 5.02 Å². The molecule has 1 saturated heterocycles. The average Bonchev–Trinajstić information content (AvgIpc) is 2.46. The van der Waals surface area contributed by atoms with Crippen molar-refractivity contribution in [3.05, 3.63) is 45.0 Å². The topological polar surface area (TPSA) is 69.4 Å². The van der Waals surface area contributed by atoms with Crippen LogP contribution in [0, 0.1) is 10.1 Å². The number of nitro groups is 1. The molecule has 0 bridgehead atoms. The zero-order chi connectivity index (χ0) is 15.7. The summed E-state index contributed by atoms with van der Waals surface area (Å²) in [5.41, 5.74) is -0.208. The van der Waals surface area contributed by atoms with Crippen molar-refractivity contribution >= 4 is 17.6 Å². The van der Waals surface area contributed by atoms with Gasteiger partial charge in [-0.2, -0.15) is 0 Å². The van der Waals surface area contributed by atoms with Crippen LogP contribution in [0.1, 0.15) is 50.0 Å². The molecule has 118 valence electrons. The number of hydrogen-bond acceptors (Lipinski definition) is 4. The summed E-state index contributed by atoms with van der Waals surface area (Å²) in [6.07, 6.45) is 3.93. The van der Waals surface area contributed by atoms with Crippen LogP contribution in [-0.2, 0) is 9.53 Å². The summed E-state index contributed by atoms with van der Waals surface area (Å²) in [4.78, 5) is 23.6. The van der Waals surface area contributed by atoms with Crippen molar-refractivity contribution in [2.45, 2.75) is 56.1 Å². The van der Waals surface area contributed by atoms with Crippen LogP contribution in [0.3, 0.4) is 0 Å². The molecule has 0 amide bonds. The number of rotatable bonds is 2. The molecule has 2 atom stereocenters. The van der Waals surface area contributed by atoms with Crippen LogP contribution < -0.4 is 0 Å². The lowest BCUT2D eigenvalue weighted by atomic mass is 9.70. The van der Waals surface area contributed by atoms with E-state index in [0.717, 1.165) is 24.8 Å². The van der Waals surface area contributed by atoms with Crippen LogP contribution in [0.5, 0.6) is 0 Å². The molecular weight excluding hydrogens is 306 g/mol. The fraction of sp³-hybridized carbons (Fsp3) is 0.562. The molecule has 1 spiro atoms. The highest BCUT2D eigenvalue weighted by atomic mass is 35.5. The molecule has 0 unspecified atom stereocenters. The first kappa shape index (κ1) is 15.3. The van der Waals surface area contributed by atoms with E-state index in [1.54, 1.807) is 18.2 Å². The molecule has 1 aromatic carbocycles. The molecule has 2 fully saturated rings. The van der Waals surface area contributed by atoms with Gasteiger partial charge in [-0.1, -0.05) is 30.2 Å². The largest absolute Gasteiger partial charge is 0.452 e. The van der Waals surface area contributed by atoms with Crippen molar-refractivity contribution in [1.29, 1.82) is 0 Å². The monoisotopic (exact) mass is 323 g/mol. The third-order valence-corrected chi connectivity index (χ3v) is 5.06. The van der Waals surface area contributed by atoms with Crippen molar-refractivity contribution < 1.29 is 14.5 Å². The summed E-state index contributed by atoms with van der Waals surface area (Å²) in [7, 11) is 0. The first-order chi connectivity index (χ1) is 10.5. The van der Waals surface area contributed by atoms with Crippen molar-refractivity contribution in [1.82, 2.24) is 0 Å². The summed E-state index contributed by atoms with van der Waals surface area (Å²) in [6.45, 7) is 0. The summed E-state index contributed by atoms with van der Waals surface area (Å²) < 4.78 is 5.56. The van der Waals surface area contributed by atoms with Crippen molar-refractivity contribution in [3.63, 3.8) is 0 Å². The fourth-order valence-corrected chi connectivity index (χ4v) is 4.11. The van der Waals surface area contributed by atoms with E-state index in [-0.39, 0.29) is 17.3 Å². The minimum Gasteiger partial charge on any atom is -0.452 e. The van der Waals surface area contributed by atoms with Gasteiger partial charge in [0, 0.05) is 9.95 Å². The van der Waals surface area contributed by atoms with E-state index in [4.69, 9.17) is 16.3 Å². The van der Waals surface area contributed by atoms with Gasteiger partial charge in [0.2, 0.25) is 0 Å². The minimum absolute atomic E-state index is 0.0355. The second kappa shape index (κ2) is 5.88. The number of ether oxygens (including phenoxy) is 1. The third-order valence-electron chi connectivity index (χ3n) is 4.83. The van der Waals surface area contributed by atoms with E-state index in [0.29, 0.717) is 17.9 Å². The Hall–Kier alpha value is -1.62. The maximum Gasteiger partial charge on any atom is 0.307 e. The normalized spacial score (nSPS) is 27.4. The predicted octanol–water partition coefficient (Wildman–Crippen LogP) is 3.72. The minimum atomic E-state index is -0.954. The van der Waals surface area contributed by atoms with Gasteiger partial charge < -0.3 is 4.74 Å². The van der Waals surface area contributed by atoms with Crippen molar-refractivity contribution in [2.24, 2.45) is 0 Å². The molecule has 6 heteroatoms. The third kappa shape index (κ3) is 2.70. The molecule has 3 rings (SSSR count). The molecule has 22 heavy (non-hydrogen) atoms. The SMILES string of the molecule is O=C1C[C@@H](c2cccc(Cl)c2)[C@@H]([N+](=O)[O-])C2(CCCCC2)O1. The number of carbonyl (C=O) groups excluding carboxylic acids is 1. The maximum absolute atomic E-state index is 12.1. The number of carbonyl (C=O) groups is 1. The summed E-state index contributed by atoms with van der Waals surface area (Å²) in [5, 5.41) is 12.3. The smallest absolute Gasteiger partial charge is 0.307 e. The molecule has 1 saturated carbocycles. The molecule has 2 aliphatic rings. The van der Waals surface area contributed by atoms with Gasteiger partial charge in [0.15, 0.2) is 5.60 Å². The van der Waals surface area contributed by atoms with Crippen LogP contribution >= 0.6 is 11.6 Å². The Labute approximate surface area is 133 Å². The van der Waals surface area contributed by atoms with Crippen LogP contribution in [0.15, 0.2) is 24.3 Å². The highest BCUT2D eigenvalue weighted by Gasteiger charge is 2.58. The lowest BCUT2D eigenvalue weighted by molar-refractivity contribution is -0.554. The van der Waals surface area contributed by atoms with Crippen LogP contribution in [0.4, 0.5) is 0 Å². The molecule has 0 N–H and O–H groups in total. The second-order valence-corrected chi connectivity index (χ2v) is 6.63. The number of hydrogen-bond donors (Lipinski definition) is 0. The lowest BCUT2D eigenvalue weighted by Gasteiger charge is -2.44. The van der Waals surface area contributed by atoms with Crippen LogP contribution in [-0.4, -0.2) is 22.5 Å². The Balaban J connectivity index is 2.03. The molecule has 0 aromatic heterocycles. The Morgan fingerprint density at radius 1 is 1.27 bits per heavy atom. The second-order valence-electron chi connectivity index (χ2n) is 6.20. The van der Waals surface area contributed by atoms with E-state index in [9.17, 15) is 14.9 Å². The van der Waals surface area contributed by atoms with Gasteiger partial charge >= 0.3 is 5.97 Å². The number of benzene rings is 1. The van der Waals surface area contributed by atoms with E-state index in [1.807, 2.05) is 6.07 Å². The Morgan fingerprint density at radius 3 is 2.64 bits per heavy atom. The highest BCUT2D eigenvalue weighted by Crippen LogP contribution is 2.46. The zero-order valence-electron chi connectivity index (χ0n) is 12.2. The number of esters is 1. The average molecular weight is 324 g/mol. The highest BCUT2D eigenvalue weighted by molar-refractivity contribution is 6.30. The van der Waals surface area contributed by atoms with E-state index in [1.165, 1.54) is 0 Å². The molecular formula is C16H18ClNO4. The van der Waals surface area contributed by atoms with Gasteiger partial charge in [-0.3, -0.25) is 14.9 Å². The van der Waals surface area contributed by atoms with Gasteiger partial charge in [-0.15, -0.1) is 0 Å². The quantitative estimate of drug-likeness (QED) is 0.472. The fourth-order valence-electron chi connectivity index (χ4n) is 3.91. The van der Waals surface area contributed by atoms with Crippen molar-refractivity contribution in [2.75, 3.05) is 0 Å². The van der Waals surface area contributed by atoms with E-state index < -0.39 is 17.6 Å². The molecule has 1 heterocycles. The van der Waals surface area contributed by atoms with Crippen LogP contribution in [0.25, 0.3) is 0 Å². The van der Waals surface area contributed by atoms with E-state index >= 15 is 0 Å². The number of halogens is 1. The molecule has 1 aliphatic heterocycles. The van der Waals surface area contributed by atoms with Gasteiger partial charge in [-0.25, -0.2) is 0 Å². The first-order valence-electron chi connectivity index (χ1n) is 7.63. The van der Waals surface area contributed by atoms with Crippen molar-refractivity contribution in [3.8, 4) is 0 Å². The Kier molecular flexibility index (Phi) is 4.08. The van der Waals surface area contributed by atoms with Gasteiger partial charge in [0.05, 0.1) is 12.3 Å². The molecule has 1 aromatic rings. The molecule has 1 aliphatic carbocycles. The van der Waals surface area contributed by atoms with Gasteiger partial charge in [0.25, 0.3) is 6.04 Å². The Morgan fingerprint density at radius 2 is 2.00 bits per heavy atom. The summed E-state index contributed by atoms with van der Waals surface area (Å²) in [6, 6.07) is 6.12. The summed E-state index contributed by atoms with van der Waals surface area (Å²) >= 11 is 6.02. The predicted molar refractivity (Wildman–Crippen MR) is 81.5 cm³/mol. The summed E-state index contributed by atoms with van der Waals surface area (Å²) in [5.74, 6) is -0.821.